The molecule has 2 unspecified atom stereocenters. The van der Waals surface area contributed by atoms with Crippen LogP contribution in [0.5, 0.6) is 0 Å². The number of unbranched alkanes of at least 4 members (excludes halogenated alkanes) is 31. The van der Waals surface area contributed by atoms with E-state index in [-0.39, 0.29) is 25.6 Å². The van der Waals surface area contributed by atoms with Gasteiger partial charge in [0.05, 0.1) is 27.7 Å². The van der Waals surface area contributed by atoms with E-state index in [4.69, 9.17) is 18.5 Å². The van der Waals surface area contributed by atoms with Crippen LogP contribution >= 0.6 is 7.82 Å². The van der Waals surface area contributed by atoms with Crippen molar-refractivity contribution in [3.8, 4) is 0 Å². The molecule has 0 aliphatic heterocycles. The molecule has 0 heterocycles. The first kappa shape index (κ1) is 69.7. The van der Waals surface area contributed by atoms with Gasteiger partial charge in [-0.05, 0) is 57.8 Å². The van der Waals surface area contributed by atoms with Gasteiger partial charge in [0, 0.05) is 12.8 Å². The minimum atomic E-state index is -4.38. The van der Waals surface area contributed by atoms with Gasteiger partial charge in [0.25, 0.3) is 0 Å². The topological polar surface area (TPSA) is 108 Å². The summed E-state index contributed by atoms with van der Waals surface area (Å²) in [7, 11) is 1.49. The fourth-order valence-electron chi connectivity index (χ4n) is 8.46. The Hall–Kier alpha value is -2.29. The zero-order valence-corrected chi connectivity index (χ0v) is 48.6. The highest BCUT2D eigenvalue weighted by Crippen LogP contribution is 2.43. The van der Waals surface area contributed by atoms with Crippen molar-refractivity contribution in [2.75, 3.05) is 47.5 Å². The SMILES string of the molecule is CC/C=C\C/C=C\C/C=C\C/C=C\C/C=C\CCCCCCCCCCCCCCCCCCCCCCCC(=O)OC(COC(=O)CCCCCCCCCCCCC)COP(=O)(O)OCC[N+](C)(C)C. The van der Waals surface area contributed by atoms with Gasteiger partial charge < -0.3 is 18.9 Å². The largest absolute Gasteiger partial charge is 0.472 e. The number of ether oxygens (including phenoxy) is 2. The van der Waals surface area contributed by atoms with E-state index in [0.29, 0.717) is 23.9 Å². The monoisotopic (exact) mass is 1030 g/mol. The summed E-state index contributed by atoms with van der Waals surface area (Å²) in [5.74, 6) is -0.787. The average Bonchev–Trinajstić information content (AvgIpc) is 3.34. The van der Waals surface area contributed by atoms with Gasteiger partial charge in [-0.2, -0.15) is 0 Å². The average molecular weight is 1030 g/mol. The van der Waals surface area contributed by atoms with Crippen LogP contribution in [0.25, 0.3) is 0 Å². The number of carbonyl (C=O) groups is 2. The van der Waals surface area contributed by atoms with Crippen LogP contribution in [0.3, 0.4) is 0 Å². The first-order chi connectivity index (χ1) is 35.0. The number of esters is 2. The molecule has 420 valence electrons. The van der Waals surface area contributed by atoms with Gasteiger partial charge >= 0.3 is 19.8 Å². The van der Waals surface area contributed by atoms with E-state index in [1.807, 2.05) is 21.1 Å². The third kappa shape index (κ3) is 57.0. The molecule has 0 saturated heterocycles. The highest BCUT2D eigenvalue weighted by atomic mass is 31.2. The molecule has 0 saturated carbocycles. The molecule has 0 aliphatic carbocycles. The molecular weight excluding hydrogens is 918 g/mol. The van der Waals surface area contributed by atoms with Crippen LogP contribution in [-0.2, 0) is 32.7 Å². The van der Waals surface area contributed by atoms with Crippen LogP contribution in [0.1, 0.15) is 271 Å². The fraction of sp³-hybridized carbons (Fsp3) is 0.806. The Balaban J connectivity index is 3.91. The van der Waals surface area contributed by atoms with Crippen molar-refractivity contribution in [3.63, 3.8) is 0 Å². The van der Waals surface area contributed by atoms with Crippen molar-refractivity contribution in [3.05, 3.63) is 60.8 Å². The molecule has 0 amide bonds. The molecule has 72 heavy (non-hydrogen) atoms. The van der Waals surface area contributed by atoms with Crippen molar-refractivity contribution in [1.82, 2.24) is 0 Å². The second kappa shape index (κ2) is 53.5. The maximum atomic E-state index is 12.8. The van der Waals surface area contributed by atoms with Crippen molar-refractivity contribution in [1.29, 1.82) is 0 Å². The van der Waals surface area contributed by atoms with Crippen molar-refractivity contribution >= 4 is 19.8 Å². The second-order valence-electron chi connectivity index (χ2n) is 21.4. The summed E-state index contributed by atoms with van der Waals surface area (Å²) < 4.78 is 34.5. The Morgan fingerprint density at radius 1 is 0.444 bits per heavy atom. The normalized spacial score (nSPS) is 13.7. The summed E-state index contributed by atoms with van der Waals surface area (Å²) in [6, 6.07) is 0. The number of nitrogens with zero attached hydrogens (tertiary/aromatic N) is 1. The number of rotatable bonds is 55. The Labute approximate surface area is 445 Å². The number of allylic oxidation sites excluding steroid dienone is 10. The maximum Gasteiger partial charge on any atom is 0.472 e. The lowest BCUT2D eigenvalue weighted by molar-refractivity contribution is -0.870. The third-order valence-electron chi connectivity index (χ3n) is 13.1. The van der Waals surface area contributed by atoms with Gasteiger partial charge in [-0.3, -0.25) is 18.6 Å². The zero-order chi connectivity index (χ0) is 52.7. The summed E-state index contributed by atoms with van der Waals surface area (Å²) in [6.07, 6.45) is 68.9. The van der Waals surface area contributed by atoms with Gasteiger partial charge in [-0.15, -0.1) is 0 Å². The molecule has 0 bridgehead atoms. The summed E-state index contributed by atoms with van der Waals surface area (Å²) in [4.78, 5) is 35.5. The van der Waals surface area contributed by atoms with Crippen LogP contribution in [0, 0.1) is 0 Å². The first-order valence-electron chi connectivity index (χ1n) is 30.0. The predicted molar refractivity (Wildman–Crippen MR) is 307 cm³/mol. The lowest BCUT2D eigenvalue weighted by Crippen LogP contribution is -2.37. The van der Waals surface area contributed by atoms with Crippen LogP contribution in [0.2, 0.25) is 0 Å². The van der Waals surface area contributed by atoms with Crippen molar-refractivity contribution < 1.29 is 42.1 Å². The molecule has 0 rings (SSSR count). The number of hydrogen-bond donors (Lipinski definition) is 1. The predicted octanol–water partition coefficient (Wildman–Crippen LogP) is 18.7. The molecule has 0 aromatic heterocycles. The maximum absolute atomic E-state index is 12.8. The molecule has 0 aromatic carbocycles. The van der Waals surface area contributed by atoms with Crippen molar-refractivity contribution in [2.45, 2.75) is 277 Å². The highest BCUT2D eigenvalue weighted by Gasteiger charge is 2.27. The zero-order valence-electron chi connectivity index (χ0n) is 47.7. The van der Waals surface area contributed by atoms with Gasteiger partial charge in [0.1, 0.15) is 19.8 Å². The highest BCUT2D eigenvalue weighted by molar-refractivity contribution is 7.47. The van der Waals surface area contributed by atoms with Crippen LogP contribution < -0.4 is 0 Å². The number of likely N-dealkylation sites (N-methyl/N-ethyl adjacent to an activating group) is 1. The smallest absolute Gasteiger partial charge is 0.462 e. The van der Waals surface area contributed by atoms with E-state index in [2.05, 4.69) is 74.6 Å². The standard InChI is InChI=1S/C62H114NO8P/c1-6-8-10-12-14-16-18-19-20-21-22-23-24-25-26-27-28-29-30-31-32-33-34-35-36-37-38-39-40-41-42-43-45-47-49-51-53-55-62(65)71-60(59-70-72(66,67)69-57-56-63(3,4)5)58-68-61(64)54-52-50-48-46-44-17-15-13-11-9-7-2/h8,10,14,16,19-20,22-23,25-26,60H,6-7,9,11-13,15,17-18,21,24,27-59H2,1-5H3/p+1/b10-8-,16-14-,20-19-,23-22-,26-25-. The summed E-state index contributed by atoms with van der Waals surface area (Å²) >= 11 is 0. The molecule has 0 radical (unpaired) electrons. The second-order valence-corrected chi connectivity index (χ2v) is 22.8. The summed E-state index contributed by atoms with van der Waals surface area (Å²) in [5.41, 5.74) is 0. The molecule has 0 spiro atoms. The van der Waals surface area contributed by atoms with E-state index < -0.39 is 26.5 Å². The number of carbonyl (C=O) groups excluding carboxylic acids is 2. The van der Waals surface area contributed by atoms with E-state index in [1.54, 1.807) is 0 Å². The minimum absolute atomic E-state index is 0.0336. The molecule has 9 nitrogen and oxygen atoms in total. The molecule has 0 fully saturated rings. The lowest BCUT2D eigenvalue weighted by Gasteiger charge is -2.24. The van der Waals surface area contributed by atoms with Crippen LogP contribution in [0.4, 0.5) is 0 Å². The molecule has 0 aromatic rings. The lowest BCUT2D eigenvalue weighted by atomic mass is 10.0. The number of phosphoric acid groups is 1. The molecular formula is C62H115NO8P+. The van der Waals surface area contributed by atoms with E-state index in [9.17, 15) is 19.0 Å². The minimum Gasteiger partial charge on any atom is -0.462 e. The van der Waals surface area contributed by atoms with Gasteiger partial charge in [-0.1, -0.05) is 261 Å². The van der Waals surface area contributed by atoms with Crippen LogP contribution in [0.15, 0.2) is 60.8 Å². The molecule has 2 atom stereocenters. The van der Waals surface area contributed by atoms with E-state index in [1.165, 1.54) is 173 Å². The number of quaternary nitrogens is 1. The van der Waals surface area contributed by atoms with Gasteiger partial charge in [0.2, 0.25) is 0 Å². The Morgan fingerprint density at radius 2 is 0.792 bits per heavy atom. The third-order valence-corrected chi connectivity index (χ3v) is 14.0. The molecule has 10 heteroatoms. The Morgan fingerprint density at radius 3 is 1.18 bits per heavy atom. The van der Waals surface area contributed by atoms with E-state index in [0.717, 1.165) is 64.2 Å². The summed E-state index contributed by atoms with van der Waals surface area (Å²) in [6.45, 7) is 4.33. The Kier molecular flexibility index (Phi) is 51.8. The number of hydrogen-bond acceptors (Lipinski definition) is 7. The van der Waals surface area contributed by atoms with Crippen molar-refractivity contribution in [2.24, 2.45) is 0 Å². The van der Waals surface area contributed by atoms with Gasteiger partial charge in [0.15, 0.2) is 6.10 Å². The van der Waals surface area contributed by atoms with E-state index >= 15 is 0 Å². The van der Waals surface area contributed by atoms with Gasteiger partial charge in [-0.25, -0.2) is 4.57 Å². The molecule has 1 N–H and O–H groups in total. The number of phosphoric ester groups is 1. The quantitative estimate of drug-likeness (QED) is 0.0211. The van der Waals surface area contributed by atoms with Crippen LogP contribution in [-0.4, -0.2) is 74.9 Å². The summed E-state index contributed by atoms with van der Waals surface area (Å²) in [5, 5.41) is 0. The Bertz CT molecular complexity index is 1400. The first-order valence-corrected chi connectivity index (χ1v) is 31.5. The fourth-order valence-corrected chi connectivity index (χ4v) is 9.20. The molecule has 0 aliphatic rings.